The molecule has 1 atom stereocenters. The molecule has 2 aromatic carbocycles. The summed E-state index contributed by atoms with van der Waals surface area (Å²) in [5.41, 5.74) is 3.84. The summed E-state index contributed by atoms with van der Waals surface area (Å²) in [6, 6.07) is 10.9. The molecule has 0 aliphatic heterocycles. The number of hydrogen-bond acceptors (Lipinski definition) is 3. The van der Waals surface area contributed by atoms with Crippen LogP contribution >= 0.6 is 15.9 Å². The van der Waals surface area contributed by atoms with E-state index in [1.807, 2.05) is 24.3 Å². The van der Waals surface area contributed by atoms with Crippen molar-refractivity contribution in [2.45, 2.75) is 13.2 Å². The number of ether oxygens (including phenoxy) is 1. The smallest absolute Gasteiger partial charge is 0.337 e. The topological polar surface area (TPSA) is 59.9 Å². The first-order valence-corrected chi connectivity index (χ1v) is 8.80. The Morgan fingerprint density at radius 1 is 1.31 bits per heavy atom. The number of aromatic amines is 1. The third-order valence-electron chi connectivity index (χ3n) is 4.45. The molecule has 0 spiro atoms. The molecule has 0 aliphatic rings. The van der Waals surface area contributed by atoms with Crippen LogP contribution in [-0.4, -0.2) is 27.8 Å². The van der Waals surface area contributed by atoms with E-state index >= 15 is 0 Å². The van der Waals surface area contributed by atoms with Crippen LogP contribution in [0, 0.1) is 0 Å². The summed E-state index contributed by atoms with van der Waals surface area (Å²) in [5, 5.41) is 8.81. The lowest BCUT2D eigenvalue weighted by Crippen LogP contribution is -2.00. The SMILES string of the molecule is COC(=O)c1ccc(-c2c(Br)n(C(C)F)c3cc4cn[nH]c4cc23)cc1. The number of carbonyl (C=O) groups is 1. The van der Waals surface area contributed by atoms with E-state index in [2.05, 4.69) is 26.1 Å². The van der Waals surface area contributed by atoms with Gasteiger partial charge in [0.2, 0.25) is 0 Å². The zero-order chi connectivity index (χ0) is 18.4. The largest absolute Gasteiger partial charge is 0.465 e. The normalized spacial score (nSPS) is 12.6. The Balaban J connectivity index is 1.99. The van der Waals surface area contributed by atoms with Gasteiger partial charge in [0.1, 0.15) is 0 Å². The molecule has 0 saturated heterocycles. The molecule has 2 aromatic heterocycles. The number of esters is 1. The molecule has 0 fully saturated rings. The standard InChI is InChI=1S/C19H15BrFN3O2/c1-10(21)24-16-7-13-9-22-23-15(13)8-14(16)17(18(24)20)11-3-5-12(6-4-11)19(25)26-2/h3-10H,1-2H3,(H,22,23). The molecule has 26 heavy (non-hydrogen) atoms. The summed E-state index contributed by atoms with van der Waals surface area (Å²) >= 11 is 3.56. The number of benzene rings is 2. The number of carbonyl (C=O) groups excluding carboxylic acids is 1. The van der Waals surface area contributed by atoms with Gasteiger partial charge in [-0.1, -0.05) is 12.1 Å². The van der Waals surface area contributed by atoms with Crippen LogP contribution < -0.4 is 0 Å². The lowest BCUT2D eigenvalue weighted by atomic mass is 10.0. The summed E-state index contributed by atoms with van der Waals surface area (Å²) in [6.45, 7) is 1.49. The first-order valence-electron chi connectivity index (χ1n) is 8.00. The average Bonchev–Trinajstić information content (AvgIpc) is 3.19. The van der Waals surface area contributed by atoms with Crippen molar-refractivity contribution in [1.29, 1.82) is 0 Å². The van der Waals surface area contributed by atoms with Gasteiger partial charge in [0, 0.05) is 16.3 Å². The fourth-order valence-corrected chi connectivity index (χ4v) is 4.15. The zero-order valence-corrected chi connectivity index (χ0v) is 15.7. The number of H-pyrrole nitrogens is 1. The minimum absolute atomic E-state index is 0.394. The predicted octanol–water partition coefficient (Wildman–Crippen LogP) is 5.22. The summed E-state index contributed by atoms with van der Waals surface area (Å²) in [6.07, 6.45) is 0.507. The fraction of sp³-hybridized carbons (Fsp3) is 0.158. The first-order chi connectivity index (χ1) is 12.5. The average molecular weight is 416 g/mol. The lowest BCUT2D eigenvalue weighted by molar-refractivity contribution is 0.0601. The number of nitrogens with zero attached hydrogens (tertiary/aromatic N) is 2. The number of halogens is 2. The molecule has 132 valence electrons. The molecule has 7 heteroatoms. The predicted molar refractivity (Wildman–Crippen MR) is 102 cm³/mol. The van der Waals surface area contributed by atoms with E-state index in [0.29, 0.717) is 10.2 Å². The quantitative estimate of drug-likeness (QED) is 0.466. The van der Waals surface area contributed by atoms with Gasteiger partial charge in [-0.3, -0.25) is 5.10 Å². The number of rotatable bonds is 3. The number of methoxy groups -OCH3 is 1. The molecule has 1 N–H and O–H groups in total. The molecule has 4 aromatic rings. The Labute approximate surface area is 156 Å². The van der Waals surface area contributed by atoms with E-state index in [1.165, 1.54) is 14.0 Å². The first kappa shape index (κ1) is 16.8. The molecule has 1 unspecified atom stereocenters. The van der Waals surface area contributed by atoms with E-state index in [1.54, 1.807) is 22.9 Å². The zero-order valence-electron chi connectivity index (χ0n) is 14.1. The highest BCUT2D eigenvalue weighted by molar-refractivity contribution is 9.10. The Hall–Kier alpha value is -2.67. The highest BCUT2D eigenvalue weighted by Gasteiger charge is 2.21. The van der Waals surface area contributed by atoms with Crippen LogP contribution in [0.2, 0.25) is 0 Å². The second-order valence-corrected chi connectivity index (χ2v) is 6.76. The number of aromatic nitrogens is 3. The molecule has 0 amide bonds. The maximum Gasteiger partial charge on any atom is 0.337 e. The van der Waals surface area contributed by atoms with Gasteiger partial charge in [-0.2, -0.15) is 5.10 Å². The van der Waals surface area contributed by atoms with Crippen LogP contribution in [0.25, 0.3) is 32.9 Å². The van der Waals surface area contributed by atoms with Crippen molar-refractivity contribution in [2.24, 2.45) is 0 Å². The third kappa shape index (κ3) is 2.50. The molecule has 4 rings (SSSR count). The summed E-state index contributed by atoms with van der Waals surface area (Å²) in [5.74, 6) is -0.394. The molecular weight excluding hydrogens is 401 g/mol. The van der Waals surface area contributed by atoms with E-state index < -0.39 is 12.3 Å². The lowest BCUT2D eigenvalue weighted by Gasteiger charge is -2.08. The highest BCUT2D eigenvalue weighted by atomic mass is 79.9. The van der Waals surface area contributed by atoms with E-state index in [9.17, 15) is 9.18 Å². The van der Waals surface area contributed by atoms with Gasteiger partial charge in [0.05, 0.1) is 34.5 Å². The highest BCUT2D eigenvalue weighted by Crippen LogP contribution is 2.41. The second-order valence-electron chi connectivity index (χ2n) is 6.01. The molecule has 0 saturated carbocycles. The molecule has 0 aliphatic carbocycles. The van der Waals surface area contributed by atoms with Crippen LogP contribution in [0.5, 0.6) is 0 Å². The van der Waals surface area contributed by atoms with Crippen LogP contribution in [0.1, 0.15) is 23.6 Å². The Bertz CT molecular complexity index is 1130. The Kier molecular flexibility index (Phi) is 4.03. The summed E-state index contributed by atoms with van der Waals surface area (Å²) in [4.78, 5) is 11.7. The number of fused-ring (bicyclic) bond motifs is 2. The summed E-state index contributed by atoms with van der Waals surface area (Å²) in [7, 11) is 1.35. The van der Waals surface area contributed by atoms with Crippen LogP contribution in [0.4, 0.5) is 4.39 Å². The number of hydrogen-bond donors (Lipinski definition) is 1. The van der Waals surface area contributed by atoms with Crippen molar-refractivity contribution < 1.29 is 13.9 Å². The monoisotopic (exact) mass is 415 g/mol. The fourth-order valence-electron chi connectivity index (χ4n) is 3.23. The Morgan fingerprint density at radius 3 is 2.69 bits per heavy atom. The maximum atomic E-state index is 14.3. The maximum absolute atomic E-state index is 14.3. The van der Waals surface area contributed by atoms with Crippen molar-refractivity contribution in [3.05, 3.63) is 52.8 Å². The molecule has 0 radical (unpaired) electrons. The Morgan fingerprint density at radius 2 is 2.04 bits per heavy atom. The van der Waals surface area contributed by atoms with Crippen molar-refractivity contribution in [3.63, 3.8) is 0 Å². The van der Waals surface area contributed by atoms with Gasteiger partial charge in [0.15, 0.2) is 6.30 Å². The van der Waals surface area contributed by atoms with Gasteiger partial charge >= 0.3 is 5.97 Å². The molecular formula is C19H15BrFN3O2. The van der Waals surface area contributed by atoms with Gasteiger partial charge < -0.3 is 9.30 Å². The van der Waals surface area contributed by atoms with Gasteiger partial charge in [-0.05, 0) is 52.7 Å². The van der Waals surface area contributed by atoms with Crippen LogP contribution in [0.15, 0.2) is 47.2 Å². The molecule has 2 heterocycles. The van der Waals surface area contributed by atoms with E-state index in [0.717, 1.165) is 32.9 Å². The second kappa shape index (κ2) is 6.25. The van der Waals surface area contributed by atoms with Crippen LogP contribution in [0.3, 0.4) is 0 Å². The minimum Gasteiger partial charge on any atom is -0.465 e. The molecule has 0 bridgehead atoms. The summed E-state index contributed by atoms with van der Waals surface area (Å²) < 4.78 is 21.3. The van der Waals surface area contributed by atoms with E-state index in [-0.39, 0.29) is 0 Å². The minimum atomic E-state index is -1.21. The van der Waals surface area contributed by atoms with Crippen molar-refractivity contribution in [1.82, 2.24) is 14.8 Å². The van der Waals surface area contributed by atoms with Gasteiger partial charge in [-0.25, -0.2) is 9.18 Å². The molecule has 5 nitrogen and oxygen atoms in total. The van der Waals surface area contributed by atoms with Crippen molar-refractivity contribution in [3.8, 4) is 11.1 Å². The van der Waals surface area contributed by atoms with Gasteiger partial charge in [-0.15, -0.1) is 0 Å². The third-order valence-corrected chi connectivity index (χ3v) is 5.23. The van der Waals surface area contributed by atoms with Crippen molar-refractivity contribution in [2.75, 3.05) is 7.11 Å². The van der Waals surface area contributed by atoms with E-state index in [4.69, 9.17) is 4.74 Å². The van der Waals surface area contributed by atoms with Crippen LogP contribution in [-0.2, 0) is 4.74 Å². The van der Waals surface area contributed by atoms with Crippen molar-refractivity contribution >= 4 is 43.7 Å². The number of nitrogens with one attached hydrogen (secondary N) is 1. The number of alkyl halides is 1. The van der Waals surface area contributed by atoms with Gasteiger partial charge in [0.25, 0.3) is 0 Å².